The van der Waals surface area contributed by atoms with Crippen molar-refractivity contribution < 1.29 is 9.53 Å². The second kappa shape index (κ2) is 6.49. The average Bonchev–Trinajstić information content (AvgIpc) is 2.46. The Bertz CT molecular complexity index is 430. The Morgan fingerprint density at radius 1 is 1.63 bits per heavy atom. The van der Waals surface area contributed by atoms with Crippen LogP contribution in [0.1, 0.15) is 5.56 Å². The van der Waals surface area contributed by atoms with Crippen LogP contribution in [0.15, 0.2) is 18.3 Å². The highest BCUT2D eigenvalue weighted by molar-refractivity contribution is 5.82. The van der Waals surface area contributed by atoms with Crippen LogP contribution in [0.4, 0.5) is 5.82 Å². The highest BCUT2D eigenvalue weighted by Crippen LogP contribution is 2.13. The monoisotopic (exact) mass is 264 g/mol. The molecule has 2 heterocycles. The number of pyridine rings is 1. The number of ether oxygens (including phenoxy) is 1. The third-order valence-corrected chi connectivity index (χ3v) is 2.98. The SMILES string of the molecule is CN(C)c1ncccc1CNC(=O)C1COCCN1. The summed E-state index contributed by atoms with van der Waals surface area (Å²) >= 11 is 0. The average molecular weight is 264 g/mol. The van der Waals surface area contributed by atoms with Gasteiger partial charge in [0.2, 0.25) is 5.91 Å². The maximum absolute atomic E-state index is 12.0. The summed E-state index contributed by atoms with van der Waals surface area (Å²) in [5.41, 5.74) is 0.998. The van der Waals surface area contributed by atoms with E-state index in [0.29, 0.717) is 26.3 Å². The van der Waals surface area contributed by atoms with Crippen LogP contribution in [0.5, 0.6) is 0 Å². The molecule has 0 bridgehead atoms. The van der Waals surface area contributed by atoms with E-state index in [1.165, 1.54) is 0 Å². The number of morpholine rings is 1. The molecule has 1 saturated heterocycles. The van der Waals surface area contributed by atoms with Crippen molar-refractivity contribution in [2.45, 2.75) is 12.6 Å². The fourth-order valence-electron chi connectivity index (χ4n) is 2.01. The molecule has 1 fully saturated rings. The first kappa shape index (κ1) is 13.8. The van der Waals surface area contributed by atoms with Gasteiger partial charge in [-0.15, -0.1) is 0 Å². The van der Waals surface area contributed by atoms with E-state index in [0.717, 1.165) is 11.4 Å². The van der Waals surface area contributed by atoms with Gasteiger partial charge in [-0.2, -0.15) is 0 Å². The number of anilines is 1. The number of nitrogens with zero attached hydrogens (tertiary/aromatic N) is 2. The molecule has 6 nitrogen and oxygen atoms in total. The highest BCUT2D eigenvalue weighted by Gasteiger charge is 2.21. The van der Waals surface area contributed by atoms with Gasteiger partial charge >= 0.3 is 0 Å². The number of aromatic nitrogens is 1. The van der Waals surface area contributed by atoms with E-state index in [2.05, 4.69) is 15.6 Å². The van der Waals surface area contributed by atoms with Crippen molar-refractivity contribution in [3.8, 4) is 0 Å². The lowest BCUT2D eigenvalue weighted by molar-refractivity contribution is -0.126. The minimum atomic E-state index is -0.256. The van der Waals surface area contributed by atoms with Gasteiger partial charge in [-0.1, -0.05) is 6.07 Å². The molecular weight excluding hydrogens is 244 g/mol. The van der Waals surface area contributed by atoms with Crippen molar-refractivity contribution in [1.82, 2.24) is 15.6 Å². The van der Waals surface area contributed by atoms with Gasteiger partial charge in [0.05, 0.1) is 13.2 Å². The minimum absolute atomic E-state index is 0.0340. The quantitative estimate of drug-likeness (QED) is 0.785. The summed E-state index contributed by atoms with van der Waals surface area (Å²) in [5.74, 6) is 0.837. The molecule has 0 saturated carbocycles. The zero-order chi connectivity index (χ0) is 13.7. The molecule has 1 aliphatic heterocycles. The first-order valence-corrected chi connectivity index (χ1v) is 6.38. The van der Waals surface area contributed by atoms with E-state index >= 15 is 0 Å². The predicted molar refractivity (Wildman–Crippen MR) is 73.0 cm³/mol. The van der Waals surface area contributed by atoms with E-state index in [-0.39, 0.29) is 11.9 Å². The molecular formula is C13H20N4O2. The summed E-state index contributed by atoms with van der Waals surface area (Å²) in [4.78, 5) is 18.2. The summed E-state index contributed by atoms with van der Waals surface area (Å²) in [6.07, 6.45) is 1.75. The Kier molecular flexibility index (Phi) is 4.70. The van der Waals surface area contributed by atoms with Crippen molar-refractivity contribution in [1.29, 1.82) is 0 Å². The molecule has 19 heavy (non-hydrogen) atoms. The first-order chi connectivity index (χ1) is 9.18. The molecule has 2 N–H and O–H groups in total. The van der Waals surface area contributed by atoms with Crippen molar-refractivity contribution in [2.24, 2.45) is 0 Å². The second-order valence-corrected chi connectivity index (χ2v) is 4.68. The van der Waals surface area contributed by atoms with E-state index < -0.39 is 0 Å². The molecule has 0 aromatic carbocycles. The van der Waals surface area contributed by atoms with Crippen LogP contribution in [-0.2, 0) is 16.1 Å². The van der Waals surface area contributed by atoms with Crippen molar-refractivity contribution in [2.75, 3.05) is 38.8 Å². The summed E-state index contributed by atoms with van der Waals surface area (Å²) in [7, 11) is 3.87. The van der Waals surface area contributed by atoms with Crippen LogP contribution in [0.2, 0.25) is 0 Å². The fraction of sp³-hybridized carbons (Fsp3) is 0.538. The smallest absolute Gasteiger partial charge is 0.239 e. The normalized spacial score (nSPS) is 18.9. The van der Waals surface area contributed by atoms with Crippen LogP contribution < -0.4 is 15.5 Å². The Morgan fingerprint density at radius 3 is 3.16 bits per heavy atom. The van der Waals surface area contributed by atoms with Crippen molar-refractivity contribution >= 4 is 11.7 Å². The van der Waals surface area contributed by atoms with Crippen molar-refractivity contribution in [3.05, 3.63) is 23.9 Å². The van der Waals surface area contributed by atoms with Gasteiger partial charge in [0.1, 0.15) is 11.9 Å². The zero-order valence-electron chi connectivity index (χ0n) is 11.3. The zero-order valence-corrected chi connectivity index (χ0v) is 11.3. The number of nitrogens with one attached hydrogen (secondary N) is 2. The maximum atomic E-state index is 12.0. The number of amides is 1. The molecule has 0 radical (unpaired) electrons. The molecule has 1 atom stereocenters. The van der Waals surface area contributed by atoms with E-state index in [1.54, 1.807) is 6.20 Å². The summed E-state index contributed by atoms with van der Waals surface area (Å²) < 4.78 is 5.27. The number of hydrogen-bond acceptors (Lipinski definition) is 5. The lowest BCUT2D eigenvalue weighted by Crippen LogP contribution is -2.51. The Labute approximate surface area is 113 Å². The molecule has 1 unspecified atom stereocenters. The summed E-state index contributed by atoms with van der Waals surface area (Å²) in [5, 5.41) is 6.05. The van der Waals surface area contributed by atoms with Crippen LogP contribution in [0, 0.1) is 0 Å². The number of rotatable bonds is 4. The topological polar surface area (TPSA) is 66.5 Å². The van der Waals surface area contributed by atoms with Crippen LogP contribution in [0.3, 0.4) is 0 Å². The van der Waals surface area contributed by atoms with Gasteiger partial charge in [0.15, 0.2) is 0 Å². The van der Waals surface area contributed by atoms with E-state index in [9.17, 15) is 4.79 Å². The summed E-state index contributed by atoms with van der Waals surface area (Å²) in [6.45, 7) is 2.28. The lowest BCUT2D eigenvalue weighted by Gasteiger charge is -2.23. The molecule has 1 aromatic rings. The van der Waals surface area contributed by atoms with Crippen LogP contribution in [-0.4, -0.2) is 50.8 Å². The van der Waals surface area contributed by atoms with Gasteiger partial charge in [0.25, 0.3) is 0 Å². The third kappa shape index (κ3) is 3.65. The molecule has 1 amide bonds. The first-order valence-electron chi connectivity index (χ1n) is 6.38. The number of carbonyl (C=O) groups is 1. The third-order valence-electron chi connectivity index (χ3n) is 2.98. The predicted octanol–water partition coefficient (Wildman–Crippen LogP) is -0.248. The van der Waals surface area contributed by atoms with E-state index in [4.69, 9.17) is 4.74 Å². The number of hydrogen-bond donors (Lipinski definition) is 2. The Hall–Kier alpha value is -1.66. The van der Waals surface area contributed by atoms with Crippen LogP contribution >= 0.6 is 0 Å². The maximum Gasteiger partial charge on any atom is 0.239 e. The molecule has 2 rings (SSSR count). The van der Waals surface area contributed by atoms with Gasteiger partial charge in [-0.3, -0.25) is 4.79 Å². The summed E-state index contributed by atoms with van der Waals surface area (Å²) in [6, 6.07) is 3.58. The van der Waals surface area contributed by atoms with Gasteiger partial charge in [-0.25, -0.2) is 4.98 Å². The molecule has 6 heteroatoms. The lowest BCUT2D eigenvalue weighted by atomic mass is 10.2. The number of carbonyl (C=O) groups excluding carboxylic acids is 1. The standard InChI is InChI=1S/C13H20N4O2/c1-17(2)12-10(4-3-5-15-12)8-16-13(18)11-9-19-7-6-14-11/h3-5,11,14H,6-9H2,1-2H3,(H,16,18). The van der Waals surface area contributed by atoms with Gasteiger partial charge in [0, 0.05) is 38.9 Å². The molecule has 104 valence electrons. The van der Waals surface area contributed by atoms with Gasteiger partial charge < -0.3 is 20.3 Å². The van der Waals surface area contributed by atoms with Crippen molar-refractivity contribution in [3.63, 3.8) is 0 Å². The molecule has 1 aromatic heterocycles. The minimum Gasteiger partial charge on any atom is -0.378 e. The fourth-order valence-corrected chi connectivity index (χ4v) is 2.01. The van der Waals surface area contributed by atoms with E-state index in [1.807, 2.05) is 31.1 Å². The highest BCUT2D eigenvalue weighted by atomic mass is 16.5. The second-order valence-electron chi connectivity index (χ2n) is 4.68. The Morgan fingerprint density at radius 2 is 2.47 bits per heavy atom. The van der Waals surface area contributed by atoms with Crippen LogP contribution in [0.25, 0.3) is 0 Å². The largest absolute Gasteiger partial charge is 0.378 e. The molecule has 0 spiro atoms. The molecule has 0 aliphatic carbocycles. The Balaban J connectivity index is 1.93. The van der Waals surface area contributed by atoms with Gasteiger partial charge in [-0.05, 0) is 6.07 Å². The molecule has 1 aliphatic rings.